The number of rotatable bonds is 2. The van der Waals surface area contributed by atoms with Gasteiger partial charge in [-0.1, -0.05) is 0 Å². The van der Waals surface area contributed by atoms with Gasteiger partial charge < -0.3 is 5.73 Å². The SMILES string of the molecule is NC1=NS(=O)(=O)Nc2ncc(-c3ccc([N+](=O)[O-])cc3)nc21. The van der Waals surface area contributed by atoms with Gasteiger partial charge in [0.1, 0.15) is 5.69 Å². The van der Waals surface area contributed by atoms with Crippen LogP contribution in [-0.2, 0) is 10.2 Å². The predicted molar refractivity (Wildman–Crippen MR) is 77.4 cm³/mol. The number of nitrogens with two attached hydrogens (primary N) is 1. The zero-order valence-electron chi connectivity index (χ0n) is 10.8. The molecule has 2 aromatic rings. The second-order valence-electron chi connectivity index (χ2n) is 4.31. The van der Waals surface area contributed by atoms with Crippen LogP contribution in [0.25, 0.3) is 11.3 Å². The molecule has 11 heteroatoms. The normalized spacial score (nSPS) is 15.4. The average Bonchev–Trinajstić information content (AvgIpc) is 2.46. The standard InChI is InChI=1S/C11H8N6O4S/c12-10-9-11(16-22(20,21)15-10)13-5-8(14-9)6-1-3-7(4-2-6)17(18)19/h1-5H,(H2,12,15)(H,13,16). The van der Waals surface area contributed by atoms with Gasteiger partial charge in [-0.05, 0) is 12.1 Å². The number of hydrogen-bond donors (Lipinski definition) is 2. The Morgan fingerprint density at radius 3 is 2.55 bits per heavy atom. The van der Waals surface area contributed by atoms with Crippen molar-refractivity contribution in [3.05, 3.63) is 46.3 Å². The molecule has 0 amide bonds. The first-order valence-corrected chi connectivity index (χ1v) is 7.30. The quantitative estimate of drug-likeness (QED) is 0.600. The molecular formula is C11H8N6O4S. The van der Waals surface area contributed by atoms with E-state index >= 15 is 0 Å². The lowest BCUT2D eigenvalue weighted by atomic mass is 10.1. The summed E-state index contributed by atoms with van der Waals surface area (Å²) in [5.41, 5.74) is 6.58. The number of fused-ring (bicyclic) bond motifs is 1. The van der Waals surface area contributed by atoms with E-state index < -0.39 is 15.1 Å². The molecule has 3 N–H and O–H groups in total. The first kappa shape index (κ1) is 13.9. The maximum Gasteiger partial charge on any atom is 0.345 e. The number of nitrogens with zero attached hydrogens (tertiary/aromatic N) is 4. The number of anilines is 1. The van der Waals surface area contributed by atoms with Crippen molar-refractivity contribution >= 4 is 27.6 Å². The molecule has 1 aromatic heterocycles. The molecule has 0 aliphatic carbocycles. The topological polar surface area (TPSA) is 153 Å². The Balaban J connectivity index is 2.04. The molecule has 0 saturated carbocycles. The number of aromatic nitrogens is 2. The third kappa shape index (κ3) is 2.44. The minimum Gasteiger partial charge on any atom is -0.381 e. The Bertz CT molecular complexity index is 907. The molecule has 2 heterocycles. The fourth-order valence-corrected chi connectivity index (χ4v) is 2.64. The monoisotopic (exact) mass is 320 g/mol. The van der Waals surface area contributed by atoms with Gasteiger partial charge in [-0.2, -0.15) is 8.42 Å². The van der Waals surface area contributed by atoms with Crippen LogP contribution >= 0.6 is 0 Å². The Kier molecular flexibility index (Phi) is 2.99. The van der Waals surface area contributed by atoms with E-state index in [0.717, 1.165) is 0 Å². The third-order valence-electron chi connectivity index (χ3n) is 2.83. The molecule has 1 aliphatic heterocycles. The first-order valence-electron chi connectivity index (χ1n) is 5.86. The Labute approximate surface area is 124 Å². The van der Waals surface area contributed by atoms with Crippen molar-refractivity contribution in [1.29, 1.82) is 0 Å². The number of nitro benzene ring substituents is 1. The van der Waals surface area contributed by atoms with Gasteiger partial charge in [0.25, 0.3) is 5.69 Å². The van der Waals surface area contributed by atoms with Gasteiger partial charge in [-0.15, -0.1) is 4.40 Å². The summed E-state index contributed by atoms with van der Waals surface area (Å²) in [6.45, 7) is 0. The van der Waals surface area contributed by atoms with Gasteiger partial charge in [0, 0.05) is 17.7 Å². The van der Waals surface area contributed by atoms with Crippen LogP contribution in [0.4, 0.5) is 11.5 Å². The Hall–Kier alpha value is -3.08. The lowest BCUT2D eigenvalue weighted by Gasteiger charge is -2.14. The molecule has 112 valence electrons. The minimum absolute atomic E-state index is 0.0156. The van der Waals surface area contributed by atoms with Crippen molar-refractivity contribution in [3.8, 4) is 11.3 Å². The number of amidine groups is 1. The van der Waals surface area contributed by atoms with E-state index in [1.807, 2.05) is 0 Å². The molecular weight excluding hydrogens is 312 g/mol. The maximum absolute atomic E-state index is 11.4. The number of non-ortho nitro benzene ring substituents is 1. The van der Waals surface area contributed by atoms with E-state index in [-0.39, 0.29) is 23.0 Å². The Morgan fingerprint density at radius 2 is 1.91 bits per heavy atom. The summed E-state index contributed by atoms with van der Waals surface area (Å²) in [6.07, 6.45) is 1.33. The first-order chi connectivity index (χ1) is 10.4. The zero-order chi connectivity index (χ0) is 15.9. The minimum atomic E-state index is -3.90. The van der Waals surface area contributed by atoms with Crippen LogP contribution < -0.4 is 10.5 Å². The van der Waals surface area contributed by atoms with Crippen LogP contribution in [0.15, 0.2) is 34.9 Å². The van der Waals surface area contributed by atoms with Gasteiger partial charge in [0.2, 0.25) is 0 Å². The lowest BCUT2D eigenvalue weighted by Crippen LogP contribution is -2.28. The summed E-state index contributed by atoms with van der Waals surface area (Å²) >= 11 is 0. The molecule has 0 unspecified atom stereocenters. The van der Waals surface area contributed by atoms with Crippen LogP contribution in [0.3, 0.4) is 0 Å². The van der Waals surface area contributed by atoms with Crippen LogP contribution in [0, 0.1) is 10.1 Å². The second kappa shape index (κ2) is 4.73. The molecule has 0 spiro atoms. The van der Waals surface area contributed by atoms with Gasteiger partial charge in [0.05, 0.1) is 16.8 Å². The van der Waals surface area contributed by atoms with Crippen LogP contribution in [0.5, 0.6) is 0 Å². The van der Waals surface area contributed by atoms with Crippen molar-refractivity contribution in [3.63, 3.8) is 0 Å². The molecule has 0 atom stereocenters. The highest BCUT2D eigenvalue weighted by molar-refractivity contribution is 7.91. The number of benzene rings is 1. The largest absolute Gasteiger partial charge is 0.381 e. The predicted octanol–water partition coefficient (Wildman–Crippen LogP) is 0.427. The smallest absolute Gasteiger partial charge is 0.345 e. The van der Waals surface area contributed by atoms with E-state index in [9.17, 15) is 18.5 Å². The second-order valence-corrected chi connectivity index (χ2v) is 5.65. The Morgan fingerprint density at radius 1 is 1.23 bits per heavy atom. The molecule has 0 fully saturated rings. The summed E-state index contributed by atoms with van der Waals surface area (Å²) in [7, 11) is -3.90. The van der Waals surface area contributed by atoms with Crippen molar-refractivity contribution in [2.75, 3.05) is 4.72 Å². The fourth-order valence-electron chi connectivity index (χ4n) is 1.85. The summed E-state index contributed by atoms with van der Waals surface area (Å²) in [6, 6.07) is 5.68. The molecule has 22 heavy (non-hydrogen) atoms. The number of hydrogen-bond acceptors (Lipinski definition) is 7. The summed E-state index contributed by atoms with van der Waals surface area (Å²) in [5, 5.41) is 10.6. The van der Waals surface area contributed by atoms with Gasteiger partial charge >= 0.3 is 10.2 Å². The van der Waals surface area contributed by atoms with E-state index in [2.05, 4.69) is 19.1 Å². The molecule has 0 saturated heterocycles. The van der Waals surface area contributed by atoms with E-state index in [4.69, 9.17) is 5.73 Å². The highest BCUT2D eigenvalue weighted by Gasteiger charge is 2.24. The zero-order valence-corrected chi connectivity index (χ0v) is 11.6. The maximum atomic E-state index is 11.4. The molecule has 0 bridgehead atoms. The van der Waals surface area contributed by atoms with Gasteiger partial charge in [0.15, 0.2) is 11.7 Å². The summed E-state index contributed by atoms with van der Waals surface area (Å²) in [5.74, 6) is -0.289. The molecule has 1 aliphatic rings. The summed E-state index contributed by atoms with van der Waals surface area (Å²) < 4.78 is 28.1. The van der Waals surface area contributed by atoms with Gasteiger partial charge in [-0.25, -0.2) is 14.7 Å². The van der Waals surface area contributed by atoms with Crippen molar-refractivity contribution in [2.24, 2.45) is 10.1 Å². The van der Waals surface area contributed by atoms with Crippen molar-refractivity contribution < 1.29 is 13.3 Å². The van der Waals surface area contributed by atoms with Crippen LogP contribution in [-0.4, -0.2) is 29.1 Å². The van der Waals surface area contributed by atoms with E-state index in [1.165, 1.54) is 30.5 Å². The lowest BCUT2D eigenvalue weighted by molar-refractivity contribution is -0.384. The number of nitro groups is 1. The van der Waals surface area contributed by atoms with E-state index in [0.29, 0.717) is 11.3 Å². The van der Waals surface area contributed by atoms with Crippen LogP contribution in [0.2, 0.25) is 0 Å². The van der Waals surface area contributed by atoms with Gasteiger partial charge in [-0.3, -0.25) is 10.1 Å². The molecule has 10 nitrogen and oxygen atoms in total. The van der Waals surface area contributed by atoms with Crippen molar-refractivity contribution in [1.82, 2.24) is 9.97 Å². The van der Waals surface area contributed by atoms with E-state index in [1.54, 1.807) is 0 Å². The fraction of sp³-hybridized carbons (Fsp3) is 0. The van der Waals surface area contributed by atoms with Crippen LogP contribution in [0.1, 0.15) is 5.69 Å². The summed E-state index contributed by atoms with van der Waals surface area (Å²) in [4.78, 5) is 18.3. The van der Waals surface area contributed by atoms with Crippen molar-refractivity contribution in [2.45, 2.75) is 0 Å². The molecule has 1 aromatic carbocycles. The number of nitrogens with one attached hydrogen (secondary N) is 1. The molecule has 0 radical (unpaired) electrons. The third-order valence-corrected chi connectivity index (χ3v) is 3.72. The molecule has 3 rings (SSSR count). The average molecular weight is 320 g/mol. The highest BCUT2D eigenvalue weighted by Crippen LogP contribution is 2.24. The highest BCUT2D eigenvalue weighted by atomic mass is 32.2.